The number of carbonyl (C=O) groups is 1. The largest absolute Gasteiger partial charge is 0.458 e. The number of carbonyl (C=O) groups excluding carboxylic acids is 1. The van der Waals surface area contributed by atoms with Crippen molar-refractivity contribution in [2.45, 2.75) is 13.0 Å². The van der Waals surface area contributed by atoms with E-state index >= 15 is 0 Å². The van der Waals surface area contributed by atoms with Crippen LogP contribution in [0.5, 0.6) is 0 Å². The monoisotopic (exact) mass is 327 g/mol. The smallest absolute Gasteiger partial charge is 0.339 e. The summed E-state index contributed by atoms with van der Waals surface area (Å²) < 4.78 is 11.5. The van der Waals surface area contributed by atoms with Crippen molar-refractivity contribution in [1.82, 2.24) is 4.90 Å². The van der Waals surface area contributed by atoms with Gasteiger partial charge in [-0.1, -0.05) is 12.1 Å². The van der Waals surface area contributed by atoms with Gasteiger partial charge in [0.05, 0.1) is 18.8 Å². The Morgan fingerprint density at radius 2 is 2.11 bits per heavy atom. The maximum atomic E-state index is 12.0. The summed E-state index contributed by atoms with van der Waals surface area (Å²) in [6.45, 7) is 5.98. The summed E-state index contributed by atoms with van der Waals surface area (Å²) in [5.74, 6) is -0.284. The molecule has 104 valence electrons. The fraction of sp³-hybridized carbons (Fsp3) is 0.500. The molecule has 2 rings (SSSR count). The fourth-order valence-electron chi connectivity index (χ4n) is 2.06. The lowest BCUT2D eigenvalue weighted by Gasteiger charge is -2.28. The summed E-state index contributed by atoms with van der Waals surface area (Å²) in [5.41, 5.74) is 0.566. The summed E-state index contributed by atoms with van der Waals surface area (Å²) in [6, 6.07) is 7.29. The second kappa shape index (κ2) is 7.03. The van der Waals surface area contributed by atoms with Crippen molar-refractivity contribution in [3.63, 3.8) is 0 Å². The minimum atomic E-state index is -0.284. The van der Waals surface area contributed by atoms with Crippen LogP contribution >= 0.6 is 15.9 Å². The van der Waals surface area contributed by atoms with E-state index in [-0.39, 0.29) is 12.1 Å². The Hall–Kier alpha value is -0.910. The van der Waals surface area contributed by atoms with Crippen LogP contribution in [0.15, 0.2) is 28.7 Å². The summed E-state index contributed by atoms with van der Waals surface area (Å²) in [7, 11) is 0. The molecule has 1 fully saturated rings. The molecule has 0 amide bonds. The number of hydrogen-bond donors (Lipinski definition) is 0. The Morgan fingerprint density at radius 1 is 1.42 bits per heavy atom. The van der Waals surface area contributed by atoms with E-state index in [2.05, 4.69) is 20.8 Å². The maximum Gasteiger partial charge on any atom is 0.339 e. The average molecular weight is 328 g/mol. The first-order valence-corrected chi connectivity index (χ1v) is 7.21. The van der Waals surface area contributed by atoms with E-state index in [9.17, 15) is 4.79 Å². The molecule has 0 aromatic heterocycles. The van der Waals surface area contributed by atoms with E-state index in [4.69, 9.17) is 9.47 Å². The lowest BCUT2D eigenvalue weighted by Crippen LogP contribution is -2.41. The van der Waals surface area contributed by atoms with Crippen LogP contribution in [-0.4, -0.2) is 49.8 Å². The van der Waals surface area contributed by atoms with Crippen LogP contribution in [0.3, 0.4) is 0 Å². The minimum Gasteiger partial charge on any atom is -0.458 e. The van der Waals surface area contributed by atoms with Crippen LogP contribution in [0.4, 0.5) is 0 Å². The third-order valence-corrected chi connectivity index (χ3v) is 3.71. The quantitative estimate of drug-likeness (QED) is 0.795. The number of morpholine rings is 1. The van der Waals surface area contributed by atoms with Gasteiger partial charge in [0.1, 0.15) is 6.10 Å². The number of halogens is 1. The summed E-state index contributed by atoms with van der Waals surface area (Å²) in [5, 5.41) is 0. The van der Waals surface area contributed by atoms with E-state index in [1.807, 2.05) is 25.1 Å². The maximum absolute atomic E-state index is 12.0. The van der Waals surface area contributed by atoms with Gasteiger partial charge in [-0.3, -0.25) is 4.90 Å². The van der Waals surface area contributed by atoms with Crippen molar-refractivity contribution in [3.05, 3.63) is 34.3 Å². The van der Waals surface area contributed by atoms with Gasteiger partial charge < -0.3 is 9.47 Å². The van der Waals surface area contributed by atoms with Crippen molar-refractivity contribution in [1.29, 1.82) is 0 Å². The van der Waals surface area contributed by atoms with Gasteiger partial charge in [0, 0.05) is 24.1 Å². The predicted molar refractivity (Wildman–Crippen MR) is 76.3 cm³/mol. The van der Waals surface area contributed by atoms with Gasteiger partial charge in [0.25, 0.3) is 0 Å². The van der Waals surface area contributed by atoms with E-state index in [0.717, 1.165) is 37.3 Å². The van der Waals surface area contributed by atoms with Gasteiger partial charge in [-0.15, -0.1) is 0 Å². The molecule has 1 aromatic rings. The molecule has 1 aromatic carbocycles. The SMILES string of the molecule is C[C@@H](CN1CCOCC1)OC(=O)c1ccccc1Br. The van der Waals surface area contributed by atoms with Crippen LogP contribution in [-0.2, 0) is 9.47 Å². The molecule has 0 aliphatic carbocycles. The Bertz CT molecular complexity index is 432. The molecule has 1 saturated heterocycles. The fourth-order valence-corrected chi connectivity index (χ4v) is 2.50. The Morgan fingerprint density at radius 3 is 2.79 bits per heavy atom. The number of ether oxygens (including phenoxy) is 2. The molecule has 0 N–H and O–H groups in total. The van der Waals surface area contributed by atoms with E-state index in [1.165, 1.54) is 0 Å². The molecule has 0 saturated carbocycles. The second-order valence-electron chi connectivity index (χ2n) is 4.61. The topological polar surface area (TPSA) is 38.8 Å². The molecular weight excluding hydrogens is 310 g/mol. The van der Waals surface area contributed by atoms with Crippen molar-refractivity contribution >= 4 is 21.9 Å². The molecule has 0 radical (unpaired) electrons. The molecule has 1 aliphatic rings. The highest BCUT2D eigenvalue weighted by atomic mass is 79.9. The van der Waals surface area contributed by atoms with Gasteiger partial charge >= 0.3 is 5.97 Å². The van der Waals surface area contributed by atoms with Crippen molar-refractivity contribution in [2.24, 2.45) is 0 Å². The third kappa shape index (κ3) is 4.30. The lowest BCUT2D eigenvalue weighted by molar-refractivity contribution is 0.000396. The lowest BCUT2D eigenvalue weighted by atomic mass is 10.2. The molecule has 5 heteroatoms. The molecule has 1 atom stereocenters. The normalized spacial score (nSPS) is 18.0. The third-order valence-electron chi connectivity index (χ3n) is 3.02. The van der Waals surface area contributed by atoms with Crippen LogP contribution in [0.2, 0.25) is 0 Å². The summed E-state index contributed by atoms with van der Waals surface area (Å²) in [6.07, 6.45) is -0.127. The Balaban J connectivity index is 1.86. The Kier molecular flexibility index (Phi) is 5.36. The number of hydrogen-bond acceptors (Lipinski definition) is 4. The number of esters is 1. The van der Waals surface area contributed by atoms with E-state index < -0.39 is 0 Å². The molecule has 4 nitrogen and oxygen atoms in total. The van der Waals surface area contributed by atoms with Gasteiger partial charge in [-0.05, 0) is 35.0 Å². The van der Waals surface area contributed by atoms with E-state index in [1.54, 1.807) is 6.07 Å². The van der Waals surface area contributed by atoms with Crippen molar-refractivity contribution < 1.29 is 14.3 Å². The van der Waals surface area contributed by atoms with Gasteiger partial charge in [-0.25, -0.2) is 4.79 Å². The van der Waals surface area contributed by atoms with Crippen LogP contribution < -0.4 is 0 Å². The average Bonchev–Trinajstić information content (AvgIpc) is 2.40. The molecule has 0 bridgehead atoms. The first-order valence-electron chi connectivity index (χ1n) is 6.42. The highest BCUT2D eigenvalue weighted by Gasteiger charge is 2.18. The van der Waals surface area contributed by atoms with Crippen molar-refractivity contribution in [3.8, 4) is 0 Å². The van der Waals surface area contributed by atoms with Crippen LogP contribution in [0, 0.1) is 0 Å². The molecule has 0 unspecified atom stereocenters. The number of rotatable bonds is 4. The molecule has 1 aliphatic heterocycles. The van der Waals surface area contributed by atoms with E-state index in [0.29, 0.717) is 5.56 Å². The second-order valence-corrected chi connectivity index (χ2v) is 5.46. The Labute approximate surface area is 121 Å². The van der Waals surface area contributed by atoms with Gasteiger partial charge in [0.15, 0.2) is 0 Å². The van der Waals surface area contributed by atoms with Gasteiger partial charge in [0.2, 0.25) is 0 Å². The predicted octanol–water partition coefficient (Wildman–Crippen LogP) is 2.33. The highest BCUT2D eigenvalue weighted by Crippen LogP contribution is 2.17. The molecule has 19 heavy (non-hydrogen) atoms. The summed E-state index contributed by atoms with van der Waals surface area (Å²) in [4.78, 5) is 14.3. The first kappa shape index (κ1) is 14.5. The molecular formula is C14H18BrNO3. The standard InChI is InChI=1S/C14H18BrNO3/c1-11(10-16-6-8-18-9-7-16)19-14(17)12-4-2-3-5-13(12)15/h2-5,11H,6-10H2,1H3/t11-/m0/s1. The zero-order valence-corrected chi connectivity index (χ0v) is 12.6. The molecule has 1 heterocycles. The van der Waals surface area contributed by atoms with Gasteiger partial charge in [-0.2, -0.15) is 0 Å². The number of benzene rings is 1. The first-order chi connectivity index (χ1) is 9.16. The number of nitrogens with zero attached hydrogens (tertiary/aromatic N) is 1. The highest BCUT2D eigenvalue weighted by molar-refractivity contribution is 9.10. The van der Waals surface area contributed by atoms with Crippen LogP contribution in [0.25, 0.3) is 0 Å². The zero-order chi connectivity index (χ0) is 13.7. The molecule has 0 spiro atoms. The van der Waals surface area contributed by atoms with Crippen molar-refractivity contribution in [2.75, 3.05) is 32.8 Å². The minimum absolute atomic E-state index is 0.127. The zero-order valence-electron chi connectivity index (χ0n) is 11.0. The summed E-state index contributed by atoms with van der Waals surface area (Å²) >= 11 is 3.36. The van der Waals surface area contributed by atoms with Crippen LogP contribution in [0.1, 0.15) is 17.3 Å².